The van der Waals surface area contributed by atoms with Gasteiger partial charge in [-0.3, -0.25) is 9.13 Å². The summed E-state index contributed by atoms with van der Waals surface area (Å²) in [6.07, 6.45) is 9.04. The van der Waals surface area contributed by atoms with Crippen LogP contribution < -0.4 is 0 Å². The second-order valence-electron chi connectivity index (χ2n) is 6.17. The lowest BCUT2D eigenvalue weighted by Gasteiger charge is -2.19. The van der Waals surface area contributed by atoms with Crippen molar-refractivity contribution < 1.29 is 28.7 Å². The second kappa shape index (κ2) is 10.6. The standard InChI is InChI=1S/C15H30O6P2/c1-13(2)9-8-11-14(3)10-6-4-5-7-12-15(22(16,17)18)23(19,20)21/h9-10,15H,4-8,11-12H2,1-3H3,(H2,16,17,18)(H2,19,20,21)/b14-10+. The Kier molecular flexibility index (Phi) is 10.5. The van der Waals surface area contributed by atoms with E-state index in [9.17, 15) is 9.13 Å². The van der Waals surface area contributed by atoms with Crippen molar-refractivity contribution in [1.82, 2.24) is 0 Å². The van der Waals surface area contributed by atoms with Gasteiger partial charge in [0.15, 0.2) is 5.40 Å². The molecule has 0 fully saturated rings. The molecule has 4 N–H and O–H groups in total. The molecule has 0 radical (unpaired) electrons. The predicted molar refractivity (Wildman–Crippen MR) is 93.4 cm³/mol. The summed E-state index contributed by atoms with van der Waals surface area (Å²) in [5.74, 6) is 0. The zero-order valence-electron chi connectivity index (χ0n) is 14.2. The lowest BCUT2D eigenvalue weighted by Crippen LogP contribution is -2.09. The number of unbranched alkanes of at least 4 members (excludes halogenated alkanes) is 3. The third-order valence-corrected chi connectivity index (χ3v) is 7.40. The van der Waals surface area contributed by atoms with E-state index in [1.807, 2.05) is 0 Å². The van der Waals surface area contributed by atoms with Crippen LogP contribution in [0.15, 0.2) is 23.3 Å². The highest BCUT2D eigenvalue weighted by atomic mass is 31.2. The molecule has 0 atom stereocenters. The first-order valence-corrected chi connectivity index (χ1v) is 11.2. The average Bonchev–Trinajstić information content (AvgIpc) is 2.33. The van der Waals surface area contributed by atoms with Crippen LogP contribution in [0, 0.1) is 0 Å². The van der Waals surface area contributed by atoms with Crippen molar-refractivity contribution in [2.45, 2.75) is 71.1 Å². The fourth-order valence-electron chi connectivity index (χ4n) is 2.22. The molecule has 0 bridgehead atoms. The molecular weight excluding hydrogens is 338 g/mol. The highest BCUT2D eigenvalue weighted by Crippen LogP contribution is 2.61. The average molecular weight is 368 g/mol. The van der Waals surface area contributed by atoms with Gasteiger partial charge < -0.3 is 19.6 Å². The maximum atomic E-state index is 11.1. The highest BCUT2D eigenvalue weighted by Gasteiger charge is 2.42. The number of allylic oxidation sites excluding steroid dienone is 4. The van der Waals surface area contributed by atoms with Gasteiger partial charge in [0.2, 0.25) is 0 Å². The third kappa shape index (κ3) is 11.9. The van der Waals surface area contributed by atoms with Crippen LogP contribution in [0.3, 0.4) is 0 Å². The Morgan fingerprint density at radius 1 is 0.870 bits per heavy atom. The van der Waals surface area contributed by atoms with Crippen LogP contribution >= 0.6 is 15.2 Å². The van der Waals surface area contributed by atoms with Gasteiger partial charge >= 0.3 is 15.2 Å². The lowest BCUT2D eigenvalue weighted by atomic mass is 10.1. The molecule has 0 rings (SSSR count). The summed E-state index contributed by atoms with van der Waals surface area (Å²) in [5, 5.41) is -1.86. The Labute approximate surface area is 139 Å². The molecule has 0 saturated carbocycles. The van der Waals surface area contributed by atoms with Crippen LogP contribution in [0.1, 0.15) is 65.7 Å². The highest BCUT2D eigenvalue weighted by molar-refractivity contribution is 7.70. The van der Waals surface area contributed by atoms with Gasteiger partial charge in [-0.2, -0.15) is 0 Å². The van der Waals surface area contributed by atoms with Gasteiger partial charge in [-0.25, -0.2) is 0 Å². The van der Waals surface area contributed by atoms with Gasteiger partial charge in [0.25, 0.3) is 0 Å². The summed E-state index contributed by atoms with van der Waals surface area (Å²) in [6, 6.07) is 0. The van der Waals surface area contributed by atoms with E-state index in [1.165, 1.54) is 11.1 Å². The zero-order chi connectivity index (χ0) is 18.1. The van der Waals surface area contributed by atoms with Gasteiger partial charge in [0.05, 0.1) is 0 Å². The van der Waals surface area contributed by atoms with Gasteiger partial charge in [-0.05, 0) is 52.9 Å². The summed E-state index contributed by atoms with van der Waals surface area (Å²) in [6.45, 7) is 6.22. The molecule has 0 aliphatic heterocycles. The SMILES string of the molecule is CC(C)=CCC/C(C)=C/CCCCCC(P(=O)(O)O)P(=O)(O)O. The second-order valence-corrected chi connectivity index (χ2v) is 10.2. The number of rotatable bonds is 11. The zero-order valence-corrected chi connectivity index (χ0v) is 16.0. The summed E-state index contributed by atoms with van der Waals surface area (Å²) in [5.41, 5.74) is 2.62. The minimum absolute atomic E-state index is 0.155. The van der Waals surface area contributed by atoms with Crippen molar-refractivity contribution in [3.63, 3.8) is 0 Å². The smallest absolute Gasteiger partial charge is 0.324 e. The Bertz CT molecular complexity index is 474. The first-order chi connectivity index (χ1) is 10.4. The molecule has 6 nitrogen and oxygen atoms in total. The molecule has 0 heterocycles. The van der Waals surface area contributed by atoms with Crippen molar-refractivity contribution in [3.05, 3.63) is 23.3 Å². The van der Waals surface area contributed by atoms with Gasteiger partial charge in [0.1, 0.15) is 0 Å². The fraction of sp³-hybridized carbons (Fsp3) is 0.733. The van der Waals surface area contributed by atoms with E-state index >= 15 is 0 Å². The van der Waals surface area contributed by atoms with Crippen LogP contribution in [-0.4, -0.2) is 25.0 Å². The quantitative estimate of drug-likeness (QED) is 0.245. The topological polar surface area (TPSA) is 115 Å². The van der Waals surface area contributed by atoms with E-state index < -0.39 is 20.6 Å². The summed E-state index contributed by atoms with van der Waals surface area (Å²) in [4.78, 5) is 36.1. The van der Waals surface area contributed by atoms with Crippen LogP contribution in [0.4, 0.5) is 0 Å². The lowest BCUT2D eigenvalue weighted by molar-refractivity contribution is 0.333. The van der Waals surface area contributed by atoms with Crippen molar-refractivity contribution in [1.29, 1.82) is 0 Å². The molecule has 0 saturated heterocycles. The minimum Gasteiger partial charge on any atom is -0.324 e. The Hall–Kier alpha value is -0.220. The van der Waals surface area contributed by atoms with E-state index in [2.05, 4.69) is 32.9 Å². The molecule has 23 heavy (non-hydrogen) atoms. The van der Waals surface area contributed by atoms with Gasteiger partial charge in [-0.15, -0.1) is 0 Å². The maximum Gasteiger partial charge on any atom is 0.340 e. The number of hydrogen-bond donors (Lipinski definition) is 4. The molecule has 0 aromatic rings. The monoisotopic (exact) mass is 368 g/mol. The van der Waals surface area contributed by atoms with Gasteiger partial charge in [0, 0.05) is 0 Å². The largest absolute Gasteiger partial charge is 0.340 e. The maximum absolute atomic E-state index is 11.1. The van der Waals surface area contributed by atoms with Crippen molar-refractivity contribution >= 4 is 15.2 Å². The van der Waals surface area contributed by atoms with Crippen LogP contribution in [0.2, 0.25) is 0 Å². The predicted octanol–water partition coefficient (Wildman–Crippen LogP) is 4.31. The van der Waals surface area contributed by atoms with E-state index in [0.717, 1.165) is 25.7 Å². The fourth-order valence-corrected chi connectivity index (χ4v) is 4.82. The molecule has 136 valence electrons. The van der Waals surface area contributed by atoms with Crippen molar-refractivity contribution in [2.24, 2.45) is 0 Å². The molecule has 0 aliphatic rings. The van der Waals surface area contributed by atoms with Gasteiger partial charge in [-0.1, -0.05) is 36.1 Å². The molecule has 8 heteroatoms. The number of hydrogen-bond acceptors (Lipinski definition) is 2. The van der Waals surface area contributed by atoms with E-state index in [-0.39, 0.29) is 6.42 Å². The first-order valence-electron chi connectivity index (χ1n) is 7.84. The first kappa shape index (κ1) is 22.8. The molecular formula is C15H30O6P2. The van der Waals surface area contributed by atoms with E-state index in [4.69, 9.17) is 19.6 Å². The molecule has 0 spiro atoms. The molecule has 0 aromatic heterocycles. The van der Waals surface area contributed by atoms with Crippen molar-refractivity contribution in [3.8, 4) is 0 Å². The normalized spacial score (nSPS) is 13.5. The molecule has 0 aromatic carbocycles. The van der Waals surface area contributed by atoms with Crippen LogP contribution in [0.5, 0.6) is 0 Å². The van der Waals surface area contributed by atoms with Crippen LogP contribution in [0.25, 0.3) is 0 Å². The van der Waals surface area contributed by atoms with Crippen molar-refractivity contribution in [2.75, 3.05) is 0 Å². The Morgan fingerprint density at radius 3 is 1.91 bits per heavy atom. The third-order valence-electron chi connectivity index (χ3n) is 3.53. The Balaban J connectivity index is 4.06. The summed E-state index contributed by atoms with van der Waals surface area (Å²) < 4.78 is 22.2. The summed E-state index contributed by atoms with van der Waals surface area (Å²) in [7, 11) is -9.54. The van der Waals surface area contributed by atoms with E-state index in [1.54, 1.807) is 0 Å². The van der Waals surface area contributed by atoms with E-state index in [0.29, 0.717) is 12.8 Å². The van der Waals surface area contributed by atoms with Crippen LogP contribution in [-0.2, 0) is 9.13 Å². The molecule has 0 aliphatic carbocycles. The summed E-state index contributed by atoms with van der Waals surface area (Å²) >= 11 is 0. The molecule has 0 amide bonds. The minimum atomic E-state index is -4.77. The molecule has 0 unspecified atom stereocenters. The Morgan fingerprint density at radius 2 is 1.43 bits per heavy atom.